The van der Waals surface area contributed by atoms with E-state index in [1.54, 1.807) is 19.8 Å². The predicted molar refractivity (Wildman–Crippen MR) is 252 cm³/mol. The standard InChI is InChI=1S/C56H77NO6/c1-38(2)13-11-14-39(3)48-28-29-49-47-27-22-43-37-46(30-33-54(43,4)50(47)31-34-55(48,49)5)63-53(59)57-35-12-17-51(57)52(58)32-36-62-56(40-15-9-8-10-16-40,41-18-23-44(60-6)24-19-41)42-20-25-45(61-7)26-21-42/h8-10,15-16,18-26,38-39,46-52,58H,11-14,17,27-37H2,1-7H3/t39-,46?,47?,48-,49?,50?,51?,52?,54+,55-/m1/s1. The number of hydrogen-bond donors (Lipinski definition) is 1. The summed E-state index contributed by atoms with van der Waals surface area (Å²) in [4.78, 5) is 15.9. The largest absolute Gasteiger partial charge is 0.497 e. The third kappa shape index (κ3) is 8.96. The molecule has 3 aromatic rings. The number of ether oxygens (including phenoxy) is 4. The summed E-state index contributed by atoms with van der Waals surface area (Å²) in [6, 6.07) is 25.9. The Kier molecular flexibility index (Phi) is 14.0. The Morgan fingerprint density at radius 3 is 2.11 bits per heavy atom. The minimum absolute atomic E-state index is 0.119. The number of aliphatic hydroxyl groups is 1. The monoisotopic (exact) mass is 860 g/mol. The van der Waals surface area contributed by atoms with Crippen molar-refractivity contribution in [2.24, 2.45) is 46.3 Å². The second-order valence-electron chi connectivity index (χ2n) is 21.1. The van der Waals surface area contributed by atoms with Crippen molar-refractivity contribution in [3.8, 4) is 11.5 Å². The first-order valence-electron chi connectivity index (χ1n) is 24.7. The molecule has 1 N–H and O–H groups in total. The van der Waals surface area contributed by atoms with Crippen molar-refractivity contribution in [1.29, 1.82) is 0 Å². The van der Waals surface area contributed by atoms with Gasteiger partial charge in [-0.15, -0.1) is 0 Å². The van der Waals surface area contributed by atoms with E-state index in [1.807, 2.05) is 71.6 Å². The van der Waals surface area contributed by atoms with Crippen molar-refractivity contribution in [2.75, 3.05) is 27.4 Å². The van der Waals surface area contributed by atoms with Crippen molar-refractivity contribution in [3.63, 3.8) is 0 Å². The highest BCUT2D eigenvalue weighted by Crippen LogP contribution is 2.67. The summed E-state index contributed by atoms with van der Waals surface area (Å²) in [7, 11) is 3.33. The van der Waals surface area contributed by atoms with Crippen molar-refractivity contribution in [1.82, 2.24) is 4.90 Å². The van der Waals surface area contributed by atoms with Gasteiger partial charge >= 0.3 is 6.09 Å². The highest BCUT2D eigenvalue weighted by atomic mass is 16.6. The van der Waals surface area contributed by atoms with E-state index in [4.69, 9.17) is 18.9 Å². The lowest BCUT2D eigenvalue weighted by atomic mass is 9.47. The maximum absolute atomic E-state index is 14.1. The van der Waals surface area contributed by atoms with Crippen molar-refractivity contribution in [3.05, 3.63) is 107 Å². The van der Waals surface area contributed by atoms with Gasteiger partial charge in [0.05, 0.1) is 33.0 Å². The van der Waals surface area contributed by atoms with Gasteiger partial charge in [-0.05, 0) is 152 Å². The van der Waals surface area contributed by atoms with Gasteiger partial charge in [0.1, 0.15) is 23.2 Å². The van der Waals surface area contributed by atoms with Crippen LogP contribution in [-0.2, 0) is 15.1 Å². The molecule has 3 saturated carbocycles. The fourth-order valence-corrected chi connectivity index (χ4v) is 14.0. The Bertz CT molecular complexity index is 1950. The summed E-state index contributed by atoms with van der Waals surface area (Å²) in [6.45, 7) is 13.4. The molecule has 1 saturated heterocycles. The zero-order valence-corrected chi connectivity index (χ0v) is 39.5. The molecular formula is C56H77NO6. The minimum atomic E-state index is -0.973. The van der Waals surface area contributed by atoms with Gasteiger partial charge < -0.3 is 29.0 Å². The molecule has 10 atom stereocenters. The molecule has 1 aliphatic heterocycles. The number of rotatable bonds is 16. The van der Waals surface area contributed by atoms with Gasteiger partial charge in [0.2, 0.25) is 0 Å². The second-order valence-corrected chi connectivity index (χ2v) is 21.1. The molecule has 0 radical (unpaired) electrons. The molecule has 8 rings (SSSR count). The smallest absolute Gasteiger partial charge is 0.410 e. The first kappa shape index (κ1) is 45.7. The zero-order chi connectivity index (χ0) is 44.4. The highest BCUT2D eigenvalue weighted by molar-refractivity contribution is 5.69. The number of allylic oxidation sites excluding steroid dienone is 1. The van der Waals surface area contributed by atoms with E-state index < -0.39 is 11.7 Å². The quantitative estimate of drug-likeness (QED) is 0.114. The summed E-state index contributed by atoms with van der Waals surface area (Å²) in [5, 5.41) is 11.8. The molecule has 0 aromatic heterocycles. The Morgan fingerprint density at radius 1 is 0.794 bits per heavy atom. The number of carbonyl (C=O) groups is 1. The van der Waals surface area contributed by atoms with Crippen LogP contribution in [0.1, 0.15) is 141 Å². The van der Waals surface area contributed by atoms with E-state index in [2.05, 4.69) is 52.8 Å². The number of carbonyl (C=O) groups excluding carboxylic acids is 1. The Balaban J connectivity index is 0.908. The maximum atomic E-state index is 14.1. The summed E-state index contributed by atoms with van der Waals surface area (Å²) < 4.78 is 24.5. The number of aliphatic hydroxyl groups excluding tert-OH is 1. The van der Waals surface area contributed by atoms with E-state index in [1.165, 1.54) is 51.4 Å². The van der Waals surface area contributed by atoms with Crippen LogP contribution in [-0.4, -0.2) is 61.7 Å². The van der Waals surface area contributed by atoms with Crippen LogP contribution in [0.3, 0.4) is 0 Å². The van der Waals surface area contributed by atoms with Crippen molar-refractivity contribution >= 4 is 6.09 Å². The molecule has 4 fully saturated rings. The minimum Gasteiger partial charge on any atom is -0.497 e. The normalized spacial score (nSPS) is 30.2. The Hall–Kier alpha value is -3.81. The molecule has 3 aromatic carbocycles. The molecule has 4 aliphatic carbocycles. The molecular weight excluding hydrogens is 783 g/mol. The van der Waals surface area contributed by atoms with Crippen LogP contribution in [0.25, 0.3) is 0 Å². The SMILES string of the molecule is COc1ccc(C(OCCC(O)C2CCCN2C(=O)OC2CC[C@@]3(C)C(=CCC4C3CC[C@@]3(C)C4CC[C@@H]3[C@H](C)CCCC(C)C)C2)(c2ccccc2)c2ccc(OC)cc2)cc1. The molecule has 342 valence electrons. The van der Waals surface area contributed by atoms with Crippen LogP contribution in [0, 0.1) is 46.3 Å². The molecule has 7 nitrogen and oxygen atoms in total. The number of amides is 1. The molecule has 1 heterocycles. The molecule has 6 unspecified atom stereocenters. The van der Waals surface area contributed by atoms with Gasteiger partial charge in [-0.2, -0.15) is 0 Å². The summed E-state index contributed by atoms with van der Waals surface area (Å²) >= 11 is 0. The summed E-state index contributed by atoms with van der Waals surface area (Å²) in [5.41, 5.74) is 4.11. The van der Waals surface area contributed by atoms with Crippen LogP contribution in [0.4, 0.5) is 4.79 Å². The van der Waals surface area contributed by atoms with Crippen LogP contribution < -0.4 is 9.47 Å². The van der Waals surface area contributed by atoms with Crippen LogP contribution >= 0.6 is 0 Å². The summed E-state index contributed by atoms with van der Waals surface area (Å²) in [5.74, 6) is 6.37. The van der Waals surface area contributed by atoms with Gasteiger partial charge in [0, 0.05) is 13.0 Å². The number of methoxy groups -OCH3 is 2. The molecule has 7 heteroatoms. The lowest BCUT2D eigenvalue weighted by molar-refractivity contribution is -0.0604. The van der Waals surface area contributed by atoms with E-state index >= 15 is 0 Å². The number of hydrogen-bond acceptors (Lipinski definition) is 6. The van der Waals surface area contributed by atoms with E-state index in [0.717, 1.165) is 95.8 Å². The van der Waals surface area contributed by atoms with Gasteiger partial charge in [-0.1, -0.05) is 120 Å². The van der Waals surface area contributed by atoms with Crippen LogP contribution in [0.5, 0.6) is 11.5 Å². The van der Waals surface area contributed by atoms with Gasteiger partial charge in [-0.3, -0.25) is 0 Å². The lowest BCUT2D eigenvalue weighted by Crippen LogP contribution is -2.51. The molecule has 5 aliphatic rings. The van der Waals surface area contributed by atoms with Gasteiger partial charge in [0.15, 0.2) is 0 Å². The lowest BCUT2D eigenvalue weighted by Gasteiger charge is -2.58. The van der Waals surface area contributed by atoms with Crippen molar-refractivity contribution in [2.45, 2.75) is 148 Å². The third-order valence-electron chi connectivity index (χ3n) is 17.4. The molecule has 0 spiro atoms. The second kappa shape index (κ2) is 19.3. The van der Waals surface area contributed by atoms with E-state index in [9.17, 15) is 9.90 Å². The zero-order valence-electron chi connectivity index (χ0n) is 39.5. The first-order valence-corrected chi connectivity index (χ1v) is 24.7. The van der Waals surface area contributed by atoms with Crippen molar-refractivity contribution < 1.29 is 28.8 Å². The molecule has 0 bridgehead atoms. The average Bonchev–Trinajstić information content (AvgIpc) is 3.94. The fraction of sp³-hybridized carbons (Fsp3) is 0.625. The third-order valence-corrected chi connectivity index (χ3v) is 17.4. The molecule has 1 amide bonds. The first-order chi connectivity index (χ1) is 30.4. The van der Waals surface area contributed by atoms with Crippen LogP contribution in [0.2, 0.25) is 0 Å². The number of nitrogens with zero attached hydrogens (tertiary/aromatic N) is 1. The maximum Gasteiger partial charge on any atom is 0.410 e. The number of likely N-dealkylation sites (tertiary alicyclic amines) is 1. The van der Waals surface area contributed by atoms with Gasteiger partial charge in [-0.25, -0.2) is 4.79 Å². The topological polar surface area (TPSA) is 77.5 Å². The average molecular weight is 860 g/mol. The summed E-state index contributed by atoms with van der Waals surface area (Å²) in [6.07, 6.45) is 17.1. The van der Waals surface area contributed by atoms with E-state index in [0.29, 0.717) is 18.4 Å². The van der Waals surface area contributed by atoms with Crippen LogP contribution in [0.15, 0.2) is 90.5 Å². The Labute approximate surface area is 379 Å². The number of fused-ring (bicyclic) bond motifs is 5. The predicted octanol–water partition coefficient (Wildman–Crippen LogP) is 12.8. The Morgan fingerprint density at radius 2 is 1.46 bits per heavy atom. The number of benzene rings is 3. The highest BCUT2D eigenvalue weighted by Gasteiger charge is 2.59. The fourth-order valence-electron chi connectivity index (χ4n) is 14.0. The molecule has 63 heavy (non-hydrogen) atoms. The van der Waals surface area contributed by atoms with E-state index in [-0.39, 0.29) is 30.3 Å². The van der Waals surface area contributed by atoms with Gasteiger partial charge in [0.25, 0.3) is 0 Å².